The number of anilines is 10. The molecule has 5 N–H and O–H groups in total. The van der Waals surface area contributed by atoms with Crippen molar-refractivity contribution in [1.82, 2.24) is 109 Å². The van der Waals surface area contributed by atoms with Crippen LogP contribution in [-0.2, 0) is 38.0 Å². The zero-order chi connectivity index (χ0) is 106. The maximum Gasteiger partial charge on any atom is 0.573 e. The molecule has 0 unspecified atom stereocenters. The maximum atomic E-state index is 14.1. The zero-order valence-electron chi connectivity index (χ0n) is 77.5. The van der Waals surface area contributed by atoms with E-state index in [1.54, 1.807) is 38.8 Å². The first-order valence-electron chi connectivity index (χ1n) is 43.8. The molecule has 0 saturated carbocycles. The molecule has 12 heterocycles. The third-order valence-electron chi connectivity index (χ3n) is 20.8. The second-order valence-electron chi connectivity index (χ2n) is 32.5. The fraction of sp³-hybridized carbons (Fsp3) is 0.153. The van der Waals surface area contributed by atoms with E-state index in [1.807, 2.05) is 74.8 Å². The number of pyridine rings is 2. The van der Waals surface area contributed by atoms with Gasteiger partial charge in [-0.1, -0.05) is 71.8 Å². The van der Waals surface area contributed by atoms with E-state index in [0.717, 1.165) is 60.0 Å². The highest BCUT2D eigenvalue weighted by Crippen LogP contribution is 2.38. The Bertz CT molecular complexity index is 7850. The third-order valence-corrected chi connectivity index (χ3v) is 20.8. The molecule has 0 bridgehead atoms. The molecule has 0 radical (unpaired) electrons. The van der Waals surface area contributed by atoms with Crippen LogP contribution in [0.15, 0.2) is 294 Å². The van der Waals surface area contributed by atoms with Gasteiger partial charge in [0, 0.05) is 97.4 Å². The molecule has 32 nitrogen and oxygen atoms in total. The minimum Gasteiger partial charge on any atom is -0.406 e. The second kappa shape index (κ2) is 44.2. The van der Waals surface area contributed by atoms with Gasteiger partial charge in [0.1, 0.15) is 95.3 Å². The van der Waals surface area contributed by atoms with Gasteiger partial charge in [-0.05, 0) is 188 Å². The van der Waals surface area contributed by atoms with E-state index in [2.05, 4.69) is 148 Å². The first-order valence-corrected chi connectivity index (χ1v) is 43.8. The number of alkyl halides is 19. The Morgan fingerprint density at radius 2 is 0.573 bits per heavy atom. The molecule has 0 aliphatic carbocycles. The van der Waals surface area contributed by atoms with Gasteiger partial charge in [0.05, 0.1) is 58.7 Å². The average molecular weight is 2090 g/mol. The van der Waals surface area contributed by atoms with E-state index in [-0.39, 0.29) is 52.3 Å². The first kappa shape index (κ1) is 104. The van der Waals surface area contributed by atoms with E-state index in [0.29, 0.717) is 139 Å². The third kappa shape index (κ3) is 29.4. The summed E-state index contributed by atoms with van der Waals surface area (Å²) in [5.74, 6) is -6.63. The molecule has 150 heavy (non-hydrogen) atoms. The Hall–Kier alpha value is -18.6. The second-order valence-corrected chi connectivity index (χ2v) is 32.5. The van der Waals surface area contributed by atoms with Crippen molar-refractivity contribution in [3.63, 3.8) is 0 Å². The van der Waals surface area contributed by atoms with Gasteiger partial charge in [-0.25, -0.2) is 81.5 Å². The summed E-state index contributed by atoms with van der Waals surface area (Å²) in [6.45, 7) is 7.24. The van der Waals surface area contributed by atoms with E-state index in [9.17, 15) is 87.8 Å². The minimum absolute atomic E-state index is 0.0891. The average Bonchev–Trinajstić information content (AvgIpc) is 1.64. The monoisotopic (exact) mass is 2090 g/mol. The van der Waals surface area contributed by atoms with Gasteiger partial charge in [0.15, 0.2) is 34.1 Å². The van der Waals surface area contributed by atoms with Crippen molar-refractivity contribution in [2.45, 2.75) is 97.5 Å². The van der Waals surface area contributed by atoms with Crippen LogP contribution in [0.25, 0.3) is 61.0 Å². The molecule has 12 aromatic heterocycles. The van der Waals surface area contributed by atoms with Crippen molar-refractivity contribution in [3.05, 3.63) is 344 Å². The van der Waals surface area contributed by atoms with Crippen LogP contribution in [0.5, 0.6) is 28.7 Å². The number of aromatic nitrogens is 22. The summed E-state index contributed by atoms with van der Waals surface area (Å²) in [6, 6.07) is 52.3. The lowest BCUT2D eigenvalue weighted by atomic mass is 10.1. The van der Waals surface area contributed by atoms with Crippen LogP contribution >= 0.6 is 0 Å². The summed E-state index contributed by atoms with van der Waals surface area (Å²) >= 11 is 0. The Kier molecular flexibility index (Phi) is 30.7. The number of hydrogen-bond donors (Lipinski definition) is 5. The molecule has 0 atom stereocenters. The summed E-state index contributed by atoms with van der Waals surface area (Å²) in [7, 11) is 0. The molecule has 0 aliphatic heterocycles. The lowest BCUT2D eigenvalue weighted by Crippen LogP contribution is -2.17. The number of fused-ring (bicyclic) bond motifs is 5. The molecule has 8 aromatic carbocycles. The molecular weight excluding hydrogens is 2020 g/mol. The molecule has 0 fully saturated rings. The van der Waals surface area contributed by atoms with Crippen LogP contribution in [0.3, 0.4) is 0 Å². The largest absolute Gasteiger partial charge is 0.573 e. The Morgan fingerprint density at radius 3 is 0.853 bits per heavy atom. The summed E-state index contributed by atoms with van der Waals surface area (Å²) in [5.41, 5.74) is 9.71. The Labute approximate surface area is 831 Å². The molecule has 0 spiro atoms. The lowest BCUT2D eigenvalue weighted by Gasteiger charge is -2.12. The smallest absolute Gasteiger partial charge is 0.406 e. The number of hydrogen-bond acceptors (Lipinski definition) is 27. The molecule has 20 rings (SSSR count). The van der Waals surface area contributed by atoms with Crippen LogP contribution in [-0.4, -0.2) is 141 Å². The number of nitrogens with one attached hydrogen (secondary N) is 5. The SMILES string of the molecule is CC(F)(F)c1ccc(Cn2cc3c(Nc4ccc(OC(F)(F)F)cc4)ncnc3n2)cc1F.CC(F)(F)c1ccnc(-n2cc3c(Nc4ccc(OC(F)(F)F)cc4)ncnc3n2)c1.Cc1cccc(Cn2cc3c(Nc4ccc(OC(F)(F)F)cc4)ncnc3n2)c1.Cc1cccc(Cn2cc3c(Nc4ccc(OC(F)(F)F)cc4)ncnc3n2)c1.FC(F)(F)Oc1ccc(Nc2ncnc3nn(Cc4cccnc4)cc23)cc1. The van der Waals surface area contributed by atoms with Crippen molar-refractivity contribution >= 4 is 113 Å². The maximum absolute atomic E-state index is 14.1. The van der Waals surface area contributed by atoms with Crippen LogP contribution in [0.1, 0.15) is 58.4 Å². The normalized spacial score (nSPS) is 11.8. The van der Waals surface area contributed by atoms with E-state index in [1.165, 1.54) is 180 Å². The highest BCUT2D eigenvalue weighted by molar-refractivity contribution is 5.92. The van der Waals surface area contributed by atoms with Crippen LogP contribution in [0.4, 0.5) is 145 Å². The van der Waals surface area contributed by atoms with Crippen molar-refractivity contribution in [1.29, 1.82) is 0 Å². The number of rotatable bonds is 26. The first-order chi connectivity index (χ1) is 71.2. The zero-order valence-corrected chi connectivity index (χ0v) is 77.5. The van der Waals surface area contributed by atoms with E-state index < -0.39 is 55.0 Å². The molecule has 770 valence electrons. The number of halogens is 20. The van der Waals surface area contributed by atoms with Crippen LogP contribution in [0.2, 0.25) is 0 Å². The summed E-state index contributed by atoms with van der Waals surface area (Å²) in [5, 5.41) is 40.1. The van der Waals surface area contributed by atoms with Gasteiger partial charge in [-0.15, -0.1) is 71.0 Å². The van der Waals surface area contributed by atoms with E-state index in [4.69, 9.17) is 0 Å². The van der Waals surface area contributed by atoms with Crippen LogP contribution in [0, 0.1) is 19.7 Å². The number of ether oxygens (including phenoxy) is 5. The minimum atomic E-state index is -4.79. The molecule has 52 heteroatoms. The van der Waals surface area contributed by atoms with Gasteiger partial charge in [-0.3, -0.25) is 23.7 Å². The highest BCUT2D eigenvalue weighted by Gasteiger charge is 2.36. The quantitative estimate of drug-likeness (QED) is 0.0314. The van der Waals surface area contributed by atoms with E-state index >= 15 is 0 Å². The molecule has 20 aromatic rings. The summed E-state index contributed by atoms with van der Waals surface area (Å²) < 4.78 is 280. The molecule has 0 aliphatic rings. The topological polar surface area (TPSA) is 350 Å². The lowest BCUT2D eigenvalue weighted by molar-refractivity contribution is -0.275. The summed E-state index contributed by atoms with van der Waals surface area (Å²) in [6.07, 6.45) is -3.85. The van der Waals surface area contributed by atoms with Gasteiger partial charge in [-0.2, -0.15) is 20.4 Å². The standard InChI is InChI=1S/C21H15F6N5O.2C20H16F3N5O.C19H13F5N6O.C18H13F3N6O/c1-20(23,24)16-7-2-12(8-17(16)22)9-32-10-15-18(28-11-29-19(15)31-32)30-13-3-5-14(6-4-13)33-21(25,26)27;2*1-13-3-2-4-14(9-13)10-28-11-17-18(24-12-25-19(17)27-28)26-15-5-7-16(8-6-15)29-20(21,22)23;1-18(20,21)11-6-7-25-15(8-11)30-9-14-16(26-10-27-17(14)29-30)28-12-2-4-13(5-3-12)31-19(22,23)24;19-18(20,21)28-14-5-3-13(4-6-14)25-16-15-10-27(26-17(15)24-11-23-16)9-12-2-1-7-22-8-12/h2-8,10-11H,9H2,1H3,(H,28,29,30,31);2*2-9,11-12H,10H2,1H3,(H,24,25,26,27);2-10H,1H3,(H,26,27,28,29);1-8,10-11H,9H2,(H,23,24,25,26). The van der Waals surface area contributed by atoms with Gasteiger partial charge < -0.3 is 50.3 Å². The predicted octanol–water partition coefficient (Wildman–Crippen LogP) is 24.3. The highest BCUT2D eigenvalue weighted by atomic mass is 19.4. The fourth-order valence-electron chi connectivity index (χ4n) is 14.4. The number of benzene rings is 8. The summed E-state index contributed by atoms with van der Waals surface area (Å²) in [4.78, 5) is 49.7. The van der Waals surface area contributed by atoms with Crippen LogP contribution < -0.4 is 50.3 Å². The van der Waals surface area contributed by atoms with Crippen molar-refractivity contribution in [2.24, 2.45) is 0 Å². The number of nitrogens with zero attached hydrogens (tertiary/aromatic N) is 22. The fourth-order valence-corrected chi connectivity index (χ4v) is 14.4. The Morgan fingerprint density at radius 1 is 0.280 bits per heavy atom. The van der Waals surface area contributed by atoms with Crippen molar-refractivity contribution in [3.8, 4) is 34.6 Å². The molecular formula is C98H73F20N27O5. The predicted molar refractivity (Wildman–Crippen MR) is 506 cm³/mol. The number of aryl methyl sites for hydroxylation is 2. The molecule has 0 saturated heterocycles. The molecule has 0 amide bonds. The van der Waals surface area contributed by atoms with Gasteiger partial charge in [0.2, 0.25) is 0 Å². The van der Waals surface area contributed by atoms with Crippen molar-refractivity contribution in [2.75, 3.05) is 26.6 Å². The van der Waals surface area contributed by atoms with Gasteiger partial charge in [0.25, 0.3) is 11.8 Å². The van der Waals surface area contributed by atoms with Gasteiger partial charge >= 0.3 is 31.8 Å². The van der Waals surface area contributed by atoms with Crippen molar-refractivity contribution < 1.29 is 111 Å². The Balaban J connectivity index is 0.000000134.